The molecule has 3 aromatic heterocycles. The van der Waals surface area contributed by atoms with E-state index in [1.807, 2.05) is 42.5 Å². The molecule has 1 aliphatic heterocycles. The standard InChI is InChI=1S/C23H21N7O3/c31-20-9-6-16-14-25-22(27-21(16)30(20)17-4-2-1-3-5-17)26-19-8-7-18(15-24-19)28-10-12-29(13-11-28)23(32)33/h1-9,14-15H,10-13H2,(H,32,33)(H,24,25,26,27). The average molecular weight is 443 g/mol. The zero-order chi connectivity index (χ0) is 22.8. The van der Waals surface area contributed by atoms with Crippen molar-refractivity contribution in [3.63, 3.8) is 0 Å². The SMILES string of the molecule is O=C(O)N1CCN(c2ccc(Nc3ncc4ccc(=O)n(-c5ccccc5)c4n3)nc2)CC1. The summed E-state index contributed by atoms with van der Waals surface area (Å²) in [6.45, 7) is 2.16. The number of piperazine rings is 1. The predicted octanol–water partition coefficient (Wildman–Crippen LogP) is 2.72. The second kappa shape index (κ2) is 8.58. The van der Waals surface area contributed by atoms with Crippen molar-refractivity contribution in [3.05, 3.63) is 77.3 Å². The molecule has 2 N–H and O–H groups in total. The number of pyridine rings is 2. The lowest BCUT2D eigenvalue weighted by atomic mass is 10.2. The third-order valence-electron chi connectivity index (χ3n) is 5.55. The fraction of sp³-hybridized carbons (Fsp3) is 0.174. The van der Waals surface area contributed by atoms with Gasteiger partial charge in [0.05, 0.1) is 17.6 Å². The highest BCUT2D eigenvalue weighted by Crippen LogP contribution is 2.20. The highest BCUT2D eigenvalue weighted by atomic mass is 16.4. The van der Waals surface area contributed by atoms with Gasteiger partial charge in [-0.15, -0.1) is 0 Å². The summed E-state index contributed by atoms with van der Waals surface area (Å²) in [6, 6.07) is 16.3. The first-order valence-electron chi connectivity index (χ1n) is 10.5. The molecule has 10 heteroatoms. The Morgan fingerprint density at radius 2 is 1.67 bits per heavy atom. The van der Waals surface area contributed by atoms with E-state index in [0.29, 0.717) is 43.6 Å². The molecule has 5 rings (SSSR count). The molecular weight excluding hydrogens is 422 g/mol. The number of carbonyl (C=O) groups is 1. The Hall–Kier alpha value is -4.47. The second-order valence-corrected chi connectivity index (χ2v) is 7.60. The van der Waals surface area contributed by atoms with Gasteiger partial charge in [0.1, 0.15) is 5.82 Å². The van der Waals surface area contributed by atoms with Crippen molar-refractivity contribution in [1.29, 1.82) is 0 Å². The molecule has 166 valence electrons. The number of aromatic nitrogens is 4. The topological polar surface area (TPSA) is 116 Å². The van der Waals surface area contributed by atoms with Crippen molar-refractivity contribution in [2.24, 2.45) is 0 Å². The molecular formula is C23H21N7O3. The Morgan fingerprint density at radius 1 is 0.879 bits per heavy atom. The van der Waals surface area contributed by atoms with Crippen molar-refractivity contribution in [1.82, 2.24) is 24.4 Å². The molecule has 1 amide bonds. The van der Waals surface area contributed by atoms with Crippen LogP contribution in [0.5, 0.6) is 0 Å². The van der Waals surface area contributed by atoms with Crippen LogP contribution in [0.15, 0.2) is 71.8 Å². The zero-order valence-electron chi connectivity index (χ0n) is 17.6. The number of amides is 1. The van der Waals surface area contributed by atoms with Crippen molar-refractivity contribution in [2.45, 2.75) is 0 Å². The summed E-state index contributed by atoms with van der Waals surface area (Å²) in [4.78, 5) is 40.5. The van der Waals surface area contributed by atoms with Crippen LogP contribution in [0.3, 0.4) is 0 Å². The number of para-hydroxylation sites is 1. The molecule has 1 aromatic carbocycles. The summed E-state index contributed by atoms with van der Waals surface area (Å²) in [5.74, 6) is 0.889. The number of nitrogens with one attached hydrogen (secondary N) is 1. The zero-order valence-corrected chi connectivity index (χ0v) is 17.6. The number of nitrogens with zero attached hydrogens (tertiary/aromatic N) is 6. The van der Waals surface area contributed by atoms with Gasteiger partial charge in [0.15, 0.2) is 5.65 Å². The summed E-state index contributed by atoms with van der Waals surface area (Å²) in [5.41, 5.74) is 1.97. The number of benzene rings is 1. The lowest BCUT2D eigenvalue weighted by Gasteiger charge is -2.34. The van der Waals surface area contributed by atoms with E-state index in [0.717, 1.165) is 16.8 Å². The Balaban J connectivity index is 1.37. The predicted molar refractivity (Wildman–Crippen MR) is 124 cm³/mol. The molecule has 10 nitrogen and oxygen atoms in total. The van der Waals surface area contributed by atoms with Gasteiger partial charge in [-0.1, -0.05) is 18.2 Å². The number of hydrogen-bond acceptors (Lipinski definition) is 7. The van der Waals surface area contributed by atoms with Crippen molar-refractivity contribution in [3.8, 4) is 5.69 Å². The normalized spacial score (nSPS) is 13.8. The van der Waals surface area contributed by atoms with E-state index in [4.69, 9.17) is 5.11 Å². The van der Waals surface area contributed by atoms with Gasteiger partial charge in [0.2, 0.25) is 5.95 Å². The van der Waals surface area contributed by atoms with Gasteiger partial charge >= 0.3 is 6.09 Å². The molecule has 4 heterocycles. The average Bonchev–Trinajstić information content (AvgIpc) is 2.85. The molecule has 1 saturated heterocycles. The summed E-state index contributed by atoms with van der Waals surface area (Å²) in [7, 11) is 0. The lowest BCUT2D eigenvalue weighted by molar-refractivity contribution is 0.142. The molecule has 4 aromatic rings. The van der Waals surface area contributed by atoms with Gasteiger partial charge in [-0.3, -0.25) is 9.36 Å². The van der Waals surface area contributed by atoms with E-state index in [-0.39, 0.29) is 5.56 Å². The van der Waals surface area contributed by atoms with E-state index in [9.17, 15) is 9.59 Å². The number of carboxylic acid groups (broad SMARTS) is 1. The number of rotatable bonds is 4. The van der Waals surface area contributed by atoms with Crippen LogP contribution >= 0.6 is 0 Å². The van der Waals surface area contributed by atoms with E-state index >= 15 is 0 Å². The van der Waals surface area contributed by atoms with Crippen LogP contribution in [-0.2, 0) is 0 Å². The van der Waals surface area contributed by atoms with E-state index in [2.05, 4.69) is 25.2 Å². The van der Waals surface area contributed by atoms with E-state index in [1.165, 1.54) is 11.0 Å². The van der Waals surface area contributed by atoms with Crippen LogP contribution in [0.2, 0.25) is 0 Å². The highest BCUT2D eigenvalue weighted by Gasteiger charge is 2.20. The minimum absolute atomic E-state index is 0.177. The number of hydrogen-bond donors (Lipinski definition) is 2. The minimum atomic E-state index is -0.889. The van der Waals surface area contributed by atoms with Gasteiger partial charge in [0.25, 0.3) is 5.56 Å². The number of fused-ring (bicyclic) bond motifs is 1. The van der Waals surface area contributed by atoms with Gasteiger partial charge in [-0.05, 0) is 30.3 Å². The molecule has 0 unspecified atom stereocenters. The van der Waals surface area contributed by atoms with Crippen LogP contribution in [0.25, 0.3) is 16.7 Å². The third kappa shape index (κ3) is 4.18. The molecule has 33 heavy (non-hydrogen) atoms. The molecule has 0 bridgehead atoms. The highest BCUT2D eigenvalue weighted by molar-refractivity contribution is 5.77. The molecule has 1 fully saturated rings. The summed E-state index contributed by atoms with van der Waals surface area (Å²) < 4.78 is 1.55. The fourth-order valence-electron chi connectivity index (χ4n) is 3.82. The fourth-order valence-corrected chi connectivity index (χ4v) is 3.82. The van der Waals surface area contributed by atoms with Crippen LogP contribution in [0.4, 0.5) is 22.2 Å². The van der Waals surface area contributed by atoms with E-state index in [1.54, 1.807) is 23.0 Å². The quantitative estimate of drug-likeness (QED) is 0.495. The van der Waals surface area contributed by atoms with Gasteiger partial charge in [-0.2, -0.15) is 4.98 Å². The van der Waals surface area contributed by atoms with Crippen molar-refractivity contribution < 1.29 is 9.90 Å². The summed E-state index contributed by atoms with van der Waals surface area (Å²) >= 11 is 0. The number of anilines is 3. The molecule has 1 aliphatic rings. The van der Waals surface area contributed by atoms with Gasteiger partial charge in [0, 0.05) is 43.8 Å². The van der Waals surface area contributed by atoms with Gasteiger partial charge in [-0.25, -0.2) is 14.8 Å². The molecule has 0 radical (unpaired) electrons. The smallest absolute Gasteiger partial charge is 0.407 e. The molecule has 0 atom stereocenters. The van der Waals surface area contributed by atoms with Crippen LogP contribution < -0.4 is 15.8 Å². The molecule has 0 saturated carbocycles. The maximum atomic E-state index is 12.6. The monoisotopic (exact) mass is 443 g/mol. The Morgan fingerprint density at radius 3 is 2.36 bits per heavy atom. The second-order valence-electron chi connectivity index (χ2n) is 7.60. The maximum absolute atomic E-state index is 12.6. The Labute approximate surface area is 188 Å². The largest absolute Gasteiger partial charge is 0.465 e. The van der Waals surface area contributed by atoms with Crippen molar-refractivity contribution >= 4 is 34.6 Å². The molecule has 0 spiro atoms. The first-order valence-corrected chi connectivity index (χ1v) is 10.5. The van der Waals surface area contributed by atoms with Crippen LogP contribution in [-0.4, -0.2) is 61.8 Å². The first kappa shape index (κ1) is 20.4. The first-order chi connectivity index (χ1) is 16.1. The lowest BCUT2D eigenvalue weighted by Crippen LogP contribution is -2.48. The Kier molecular flexibility index (Phi) is 5.31. The maximum Gasteiger partial charge on any atom is 0.407 e. The summed E-state index contributed by atoms with van der Waals surface area (Å²) in [6.07, 6.45) is 2.51. The third-order valence-corrected chi connectivity index (χ3v) is 5.55. The Bertz CT molecular complexity index is 1350. The van der Waals surface area contributed by atoms with Crippen molar-refractivity contribution in [2.75, 3.05) is 36.4 Å². The van der Waals surface area contributed by atoms with Crippen LogP contribution in [0, 0.1) is 0 Å². The van der Waals surface area contributed by atoms with E-state index < -0.39 is 6.09 Å². The summed E-state index contributed by atoms with van der Waals surface area (Å²) in [5, 5.41) is 12.9. The molecule has 0 aliphatic carbocycles. The van der Waals surface area contributed by atoms with Crippen LogP contribution in [0.1, 0.15) is 0 Å². The van der Waals surface area contributed by atoms with Gasteiger partial charge < -0.3 is 20.2 Å². The minimum Gasteiger partial charge on any atom is -0.465 e.